The van der Waals surface area contributed by atoms with Gasteiger partial charge in [-0.2, -0.15) is 0 Å². The summed E-state index contributed by atoms with van der Waals surface area (Å²) in [6, 6.07) is 8.36. The summed E-state index contributed by atoms with van der Waals surface area (Å²) < 4.78 is 19.5. The van der Waals surface area contributed by atoms with Gasteiger partial charge in [-0.1, -0.05) is 32.6 Å². The molecule has 0 spiro atoms. The maximum absolute atomic E-state index is 14.1. The van der Waals surface area contributed by atoms with E-state index < -0.39 is 5.54 Å². The van der Waals surface area contributed by atoms with Crippen molar-refractivity contribution in [3.8, 4) is 16.9 Å². The van der Waals surface area contributed by atoms with Crippen LogP contribution in [0.5, 0.6) is 5.75 Å². The zero-order chi connectivity index (χ0) is 22.9. The summed E-state index contributed by atoms with van der Waals surface area (Å²) in [6.07, 6.45) is 3.65. The average Bonchev–Trinajstić information content (AvgIpc) is 3.15. The molecule has 5 nitrogen and oxygen atoms in total. The van der Waals surface area contributed by atoms with Crippen molar-refractivity contribution in [2.75, 3.05) is 17.4 Å². The number of rotatable bonds is 4. The summed E-state index contributed by atoms with van der Waals surface area (Å²) in [6.45, 7) is 14.0. The zero-order valence-corrected chi connectivity index (χ0v) is 19.0. The largest absolute Gasteiger partial charge is 0.496 e. The van der Waals surface area contributed by atoms with Crippen LogP contribution < -0.4 is 15.1 Å². The first kappa shape index (κ1) is 22.4. The van der Waals surface area contributed by atoms with Crippen LogP contribution in [0.2, 0.25) is 0 Å². The molecule has 0 bridgehead atoms. The maximum atomic E-state index is 14.1. The smallest absolute Gasteiger partial charge is 0.270 e. The van der Waals surface area contributed by atoms with Crippen LogP contribution in [-0.4, -0.2) is 23.6 Å². The average molecular weight is 424 g/mol. The number of amides is 1. The Morgan fingerprint density at radius 2 is 1.94 bits per heavy atom. The molecule has 0 unspecified atom stereocenters. The fraction of sp³-hybridized carbons (Fsp3) is 0.320. The number of carbonyl (C=O) groups excluding carboxylic acids is 1. The van der Waals surface area contributed by atoms with Gasteiger partial charge in [0.1, 0.15) is 17.1 Å². The normalized spacial score (nSPS) is 16.2. The number of nitrogens with one attached hydrogen (secondary N) is 1. The zero-order valence-electron chi connectivity index (χ0n) is 19.0. The van der Waals surface area contributed by atoms with E-state index in [-0.39, 0.29) is 11.7 Å². The number of anilines is 2. The summed E-state index contributed by atoms with van der Waals surface area (Å²) in [5.74, 6) is 0.180. The van der Waals surface area contributed by atoms with Crippen molar-refractivity contribution >= 4 is 17.3 Å². The number of methoxy groups -OCH3 is 1. The molecule has 0 fully saturated rings. The van der Waals surface area contributed by atoms with Gasteiger partial charge in [0.15, 0.2) is 0 Å². The Balaban J connectivity index is 0.00000132. The lowest BCUT2D eigenvalue weighted by Gasteiger charge is -2.41. The van der Waals surface area contributed by atoms with Crippen LogP contribution >= 0.6 is 0 Å². The standard InChI is InChI=1S/C23H24FN3O2.C2H6/c1-6-15(7-2)26-13-18-16(17-12-14(24)8-11-20(17)29-5)9-10-19-21(18)27(26)22(28)23(3,4)25-19;1-2/h6-12,25H,1,13H2,2-5H3;1-2H3/b15-7+;. The number of allylic oxidation sites excluding steroid dienone is 2. The Labute approximate surface area is 183 Å². The molecule has 2 aromatic carbocycles. The van der Waals surface area contributed by atoms with Crippen LogP contribution in [0.3, 0.4) is 0 Å². The summed E-state index contributed by atoms with van der Waals surface area (Å²) in [7, 11) is 1.57. The van der Waals surface area contributed by atoms with E-state index >= 15 is 0 Å². The Kier molecular flexibility index (Phi) is 6.11. The van der Waals surface area contributed by atoms with E-state index in [1.165, 1.54) is 12.1 Å². The lowest BCUT2D eigenvalue weighted by molar-refractivity contribution is -0.124. The van der Waals surface area contributed by atoms with E-state index in [9.17, 15) is 9.18 Å². The molecule has 0 saturated heterocycles. The number of carbonyl (C=O) groups is 1. The lowest BCUT2D eigenvalue weighted by atomic mass is 9.93. The number of nitrogens with zero attached hydrogens (tertiary/aromatic N) is 2. The van der Waals surface area contributed by atoms with Crippen molar-refractivity contribution in [2.45, 2.75) is 46.7 Å². The van der Waals surface area contributed by atoms with Crippen molar-refractivity contribution in [1.29, 1.82) is 0 Å². The van der Waals surface area contributed by atoms with Crippen LogP contribution in [0.25, 0.3) is 11.1 Å². The minimum absolute atomic E-state index is 0.0618. The third kappa shape index (κ3) is 3.56. The molecule has 0 aliphatic carbocycles. The summed E-state index contributed by atoms with van der Waals surface area (Å²) in [5, 5.41) is 6.98. The maximum Gasteiger partial charge on any atom is 0.270 e. The van der Waals surface area contributed by atoms with E-state index in [1.807, 2.05) is 57.8 Å². The predicted molar refractivity (Wildman–Crippen MR) is 124 cm³/mol. The Bertz CT molecular complexity index is 1060. The highest BCUT2D eigenvalue weighted by molar-refractivity contribution is 6.09. The van der Waals surface area contributed by atoms with Crippen LogP contribution in [-0.2, 0) is 11.3 Å². The quantitative estimate of drug-likeness (QED) is 0.623. The van der Waals surface area contributed by atoms with Gasteiger partial charge >= 0.3 is 0 Å². The lowest BCUT2D eigenvalue weighted by Crippen LogP contribution is -2.57. The van der Waals surface area contributed by atoms with E-state index in [4.69, 9.17) is 4.74 Å². The number of ether oxygens (including phenoxy) is 1. The van der Waals surface area contributed by atoms with Crippen molar-refractivity contribution in [1.82, 2.24) is 5.01 Å². The van der Waals surface area contributed by atoms with Gasteiger partial charge < -0.3 is 10.1 Å². The van der Waals surface area contributed by atoms with Crippen LogP contribution in [0, 0.1) is 5.82 Å². The molecule has 4 rings (SSSR count). The fourth-order valence-corrected chi connectivity index (χ4v) is 4.07. The van der Waals surface area contributed by atoms with Gasteiger partial charge in [-0.05, 0) is 56.7 Å². The van der Waals surface area contributed by atoms with Crippen molar-refractivity contribution in [3.63, 3.8) is 0 Å². The van der Waals surface area contributed by atoms with Crippen LogP contribution in [0.1, 0.15) is 40.2 Å². The fourth-order valence-electron chi connectivity index (χ4n) is 4.07. The van der Waals surface area contributed by atoms with Crippen LogP contribution in [0.4, 0.5) is 15.8 Å². The summed E-state index contributed by atoms with van der Waals surface area (Å²) in [5.41, 5.74) is 4.15. The van der Waals surface area contributed by atoms with E-state index in [0.717, 1.165) is 28.2 Å². The third-order valence-electron chi connectivity index (χ3n) is 5.47. The van der Waals surface area contributed by atoms with Gasteiger partial charge in [0, 0.05) is 11.1 Å². The summed E-state index contributed by atoms with van der Waals surface area (Å²) >= 11 is 0. The Morgan fingerprint density at radius 3 is 2.55 bits per heavy atom. The molecule has 31 heavy (non-hydrogen) atoms. The Morgan fingerprint density at radius 1 is 1.23 bits per heavy atom. The number of benzene rings is 2. The minimum Gasteiger partial charge on any atom is -0.496 e. The molecule has 2 heterocycles. The molecule has 6 heteroatoms. The highest BCUT2D eigenvalue weighted by Crippen LogP contribution is 2.49. The Hall–Kier alpha value is -3.28. The molecule has 164 valence electrons. The highest BCUT2D eigenvalue weighted by Gasteiger charge is 2.46. The van der Waals surface area contributed by atoms with Gasteiger partial charge in [0.25, 0.3) is 5.91 Å². The third-order valence-corrected chi connectivity index (χ3v) is 5.47. The molecule has 0 aromatic heterocycles. The SMILES string of the molecule is C=C/C(=C\C)N1Cc2c(-c3cc(F)ccc3OC)ccc3c2N1C(=O)C(C)(C)N3.CC. The van der Waals surface area contributed by atoms with E-state index in [1.54, 1.807) is 24.3 Å². The van der Waals surface area contributed by atoms with Gasteiger partial charge in [-0.3, -0.25) is 9.80 Å². The first-order valence-corrected chi connectivity index (χ1v) is 10.5. The molecule has 0 radical (unpaired) electrons. The van der Waals surface area contributed by atoms with Crippen molar-refractivity contribution in [3.05, 3.63) is 66.1 Å². The molecule has 2 aromatic rings. The van der Waals surface area contributed by atoms with Gasteiger partial charge in [0.2, 0.25) is 0 Å². The first-order valence-electron chi connectivity index (χ1n) is 10.5. The molecule has 0 atom stereocenters. The van der Waals surface area contributed by atoms with Crippen molar-refractivity contribution < 1.29 is 13.9 Å². The second kappa shape index (κ2) is 8.46. The predicted octanol–water partition coefficient (Wildman–Crippen LogP) is 5.89. The number of hydrazine groups is 1. The molecular formula is C25H30FN3O2. The highest BCUT2D eigenvalue weighted by atomic mass is 19.1. The van der Waals surface area contributed by atoms with Gasteiger partial charge in [-0.25, -0.2) is 9.40 Å². The molecule has 0 saturated carbocycles. The number of halogens is 1. The number of hydrogen-bond acceptors (Lipinski definition) is 4. The summed E-state index contributed by atoms with van der Waals surface area (Å²) in [4.78, 5) is 13.3. The topological polar surface area (TPSA) is 44.8 Å². The van der Waals surface area contributed by atoms with Gasteiger partial charge in [0.05, 0.1) is 30.7 Å². The van der Waals surface area contributed by atoms with E-state index in [2.05, 4.69) is 11.9 Å². The van der Waals surface area contributed by atoms with Gasteiger partial charge in [-0.15, -0.1) is 0 Å². The molecule has 2 aliphatic heterocycles. The van der Waals surface area contributed by atoms with Crippen LogP contribution in [0.15, 0.2) is 54.8 Å². The minimum atomic E-state index is -0.759. The number of hydrogen-bond donors (Lipinski definition) is 1. The van der Waals surface area contributed by atoms with E-state index in [0.29, 0.717) is 17.9 Å². The van der Waals surface area contributed by atoms with Crippen molar-refractivity contribution in [2.24, 2.45) is 0 Å². The monoisotopic (exact) mass is 423 g/mol. The second-order valence-electron chi connectivity index (χ2n) is 7.67. The molecule has 1 N–H and O–H groups in total. The first-order chi connectivity index (χ1) is 14.8. The molecule has 1 amide bonds. The molecule has 2 aliphatic rings. The second-order valence-corrected chi connectivity index (χ2v) is 7.67. The molecular weight excluding hydrogens is 393 g/mol.